The first kappa shape index (κ1) is 18.7. The molecule has 0 aromatic carbocycles. The number of nitrogens with zero attached hydrogens (tertiary/aromatic N) is 1. The van der Waals surface area contributed by atoms with Crippen molar-refractivity contribution in [1.82, 2.24) is 15.8 Å². The Balaban J connectivity index is 2.72. The smallest absolute Gasteiger partial charge is 0.273 e. The highest BCUT2D eigenvalue weighted by molar-refractivity contribution is 5.92. The third kappa shape index (κ3) is 4.57. The molecule has 0 aliphatic heterocycles. The van der Waals surface area contributed by atoms with Crippen LogP contribution >= 0.6 is 0 Å². The molecule has 1 unspecified atom stereocenters. The number of aryl methyl sites for hydroxylation is 1. The first-order valence-corrected chi connectivity index (χ1v) is 8.50. The Kier molecular flexibility index (Phi) is 7.59. The van der Waals surface area contributed by atoms with Gasteiger partial charge in [0.2, 0.25) is 0 Å². The molecule has 22 heavy (non-hydrogen) atoms. The highest BCUT2D eigenvalue weighted by Crippen LogP contribution is 2.30. The molecule has 0 aliphatic rings. The van der Waals surface area contributed by atoms with Crippen molar-refractivity contribution in [3.8, 4) is 0 Å². The molecule has 0 saturated carbocycles. The minimum Gasteiger partial charge on any atom is -0.361 e. The van der Waals surface area contributed by atoms with Crippen molar-refractivity contribution in [3.05, 3.63) is 17.5 Å². The summed E-state index contributed by atoms with van der Waals surface area (Å²) in [6.45, 7) is 12.5. The van der Waals surface area contributed by atoms with E-state index in [1.807, 2.05) is 6.92 Å². The van der Waals surface area contributed by atoms with Crippen LogP contribution in [-0.4, -0.2) is 30.2 Å². The summed E-state index contributed by atoms with van der Waals surface area (Å²) in [7, 11) is 0. The first-order chi connectivity index (χ1) is 10.5. The van der Waals surface area contributed by atoms with Crippen molar-refractivity contribution in [2.75, 3.05) is 13.1 Å². The maximum atomic E-state index is 12.3. The van der Waals surface area contributed by atoms with Crippen molar-refractivity contribution >= 4 is 5.91 Å². The highest BCUT2D eigenvalue weighted by atomic mass is 16.5. The average Bonchev–Trinajstić information content (AvgIpc) is 3.01. The van der Waals surface area contributed by atoms with Gasteiger partial charge in [0.25, 0.3) is 5.91 Å². The van der Waals surface area contributed by atoms with Gasteiger partial charge in [0, 0.05) is 30.5 Å². The second kappa shape index (κ2) is 8.93. The fourth-order valence-corrected chi connectivity index (χ4v) is 2.79. The van der Waals surface area contributed by atoms with Gasteiger partial charge >= 0.3 is 0 Å². The van der Waals surface area contributed by atoms with Gasteiger partial charge in [0.1, 0.15) is 5.76 Å². The molecule has 0 radical (unpaired) electrons. The number of aromatic nitrogens is 1. The molecule has 5 nitrogen and oxygen atoms in total. The van der Waals surface area contributed by atoms with Crippen LogP contribution in [0.15, 0.2) is 10.6 Å². The molecule has 2 N–H and O–H groups in total. The zero-order chi connectivity index (χ0) is 16.6. The molecule has 5 heteroatoms. The lowest BCUT2D eigenvalue weighted by Gasteiger charge is -2.38. The Labute approximate surface area is 134 Å². The fraction of sp³-hybridized carbons (Fsp3) is 0.765. The Morgan fingerprint density at radius 1 is 1.32 bits per heavy atom. The van der Waals surface area contributed by atoms with E-state index in [4.69, 9.17) is 4.52 Å². The number of carbonyl (C=O) groups excluding carboxylic acids is 1. The molecule has 1 aromatic rings. The summed E-state index contributed by atoms with van der Waals surface area (Å²) in [4.78, 5) is 12.3. The van der Waals surface area contributed by atoms with E-state index >= 15 is 0 Å². The van der Waals surface area contributed by atoms with Gasteiger partial charge in [0.05, 0.1) is 0 Å². The first-order valence-electron chi connectivity index (χ1n) is 8.50. The van der Waals surface area contributed by atoms with Crippen LogP contribution in [0.1, 0.15) is 70.1 Å². The Hall–Kier alpha value is -1.36. The van der Waals surface area contributed by atoms with Crippen LogP contribution in [0.25, 0.3) is 0 Å². The van der Waals surface area contributed by atoms with Gasteiger partial charge in [-0.1, -0.05) is 32.9 Å². The van der Waals surface area contributed by atoms with E-state index in [2.05, 4.69) is 43.5 Å². The molecule has 126 valence electrons. The van der Waals surface area contributed by atoms with Crippen molar-refractivity contribution in [2.45, 2.75) is 66.3 Å². The number of rotatable bonds is 10. The van der Waals surface area contributed by atoms with Gasteiger partial charge in [-0.25, -0.2) is 0 Å². The van der Waals surface area contributed by atoms with Crippen LogP contribution in [0.4, 0.5) is 0 Å². The van der Waals surface area contributed by atoms with Crippen LogP contribution in [0.5, 0.6) is 0 Å². The number of amides is 1. The van der Waals surface area contributed by atoms with Gasteiger partial charge in [-0.15, -0.1) is 0 Å². The van der Waals surface area contributed by atoms with Crippen molar-refractivity contribution < 1.29 is 9.32 Å². The molecule has 1 aromatic heterocycles. The molecular formula is C17H31N3O2. The van der Waals surface area contributed by atoms with Gasteiger partial charge in [-0.05, 0) is 32.7 Å². The van der Waals surface area contributed by atoms with Gasteiger partial charge in [-0.2, -0.15) is 0 Å². The van der Waals surface area contributed by atoms with Crippen LogP contribution in [-0.2, 0) is 6.42 Å². The Morgan fingerprint density at radius 2 is 2.00 bits per heavy atom. The molecule has 1 atom stereocenters. The highest BCUT2D eigenvalue weighted by Gasteiger charge is 2.33. The van der Waals surface area contributed by atoms with Crippen LogP contribution in [0.2, 0.25) is 0 Å². The molecule has 1 amide bonds. The zero-order valence-corrected chi connectivity index (χ0v) is 14.7. The fourth-order valence-electron chi connectivity index (χ4n) is 2.79. The molecule has 1 heterocycles. The number of hydrogen-bond acceptors (Lipinski definition) is 4. The molecule has 0 fully saturated rings. The summed E-state index contributed by atoms with van der Waals surface area (Å²) in [5, 5.41) is 10.4. The normalized spacial score (nSPS) is 13.1. The van der Waals surface area contributed by atoms with Crippen molar-refractivity contribution in [2.24, 2.45) is 5.41 Å². The topological polar surface area (TPSA) is 67.2 Å². The summed E-state index contributed by atoms with van der Waals surface area (Å²) < 4.78 is 5.11. The van der Waals surface area contributed by atoms with E-state index in [-0.39, 0.29) is 17.4 Å². The average molecular weight is 309 g/mol. The quantitative estimate of drug-likeness (QED) is 0.652. The lowest BCUT2D eigenvalue weighted by molar-refractivity contribution is 0.0864. The maximum absolute atomic E-state index is 12.3. The molecule has 0 spiro atoms. The molecular weight excluding hydrogens is 278 g/mol. The summed E-state index contributed by atoms with van der Waals surface area (Å²) in [5.41, 5.74) is 0.425. The predicted octanol–water partition coefficient (Wildman–Crippen LogP) is 3.16. The van der Waals surface area contributed by atoms with Crippen LogP contribution < -0.4 is 10.6 Å². The van der Waals surface area contributed by atoms with E-state index in [1.54, 1.807) is 6.07 Å². The van der Waals surface area contributed by atoms with E-state index in [0.29, 0.717) is 5.69 Å². The molecule has 1 rings (SSSR count). The van der Waals surface area contributed by atoms with E-state index in [1.165, 1.54) is 0 Å². The summed E-state index contributed by atoms with van der Waals surface area (Å²) in [6.07, 6.45) is 3.88. The Bertz CT molecular complexity index is 453. The maximum Gasteiger partial charge on any atom is 0.273 e. The van der Waals surface area contributed by atoms with Crippen LogP contribution in [0.3, 0.4) is 0 Å². The molecule has 0 aliphatic carbocycles. The second-order valence-electron chi connectivity index (χ2n) is 5.97. The summed E-state index contributed by atoms with van der Waals surface area (Å²) >= 11 is 0. The number of hydrogen-bond donors (Lipinski definition) is 2. The van der Waals surface area contributed by atoms with Gasteiger partial charge in [-0.3, -0.25) is 4.79 Å². The van der Waals surface area contributed by atoms with E-state index in [0.717, 1.165) is 44.5 Å². The zero-order valence-electron chi connectivity index (χ0n) is 14.7. The van der Waals surface area contributed by atoms with Gasteiger partial charge in [0.15, 0.2) is 5.69 Å². The van der Waals surface area contributed by atoms with Crippen LogP contribution in [0, 0.1) is 5.41 Å². The minimum atomic E-state index is -0.155. The second-order valence-corrected chi connectivity index (χ2v) is 5.97. The standard InChI is InChI=1S/C17H31N3O2/c1-6-10-18-12-17(8-3,9-4)13(5)19-16(21)15-11-14(7-2)22-20-15/h11,13,18H,6-10,12H2,1-5H3,(H,19,21). The third-order valence-corrected chi connectivity index (χ3v) is 4.72. The molecule has 0 saturated heterocycles. The van der Waals surface area contributed by atoms with Crippen molar-refractivity contribution in [3.63, 3.8) is 0 Å². The van der Waals surface area contributed by atoms with E-state index < -0.39 is 0 Å². The molecule has 0 bridgehead atoms. The third-order valence-electron chi connectivity index (χ3n) is 4.72. The number of carbonyl (C=O) groups is 1. The lowest BCUT2D eigenvalue weighted by atomic mass is 9.76. The Morgan fingerprint density at radius 3 is 2.50 bits per heavy atom. The summed E-state index contributed by atoms with van der Waals surface area (Å²) in [5.74, 6) is 0.581. The minimum absolute atomic E-state index is 0.0577. The monoisotopic (exact) mass is 309 g/mol. The largest absolute Gasteiger partial charge is 0.361 e. The van der Waals surface area contributed by atoms with E-state index in [9.17, 15) is 4.79 Å². The summed E-state index contributed by atoms with van der Waals surface area (Å²) in [6, 6.07) is 1.79. The number of nitrogens with one attached hydrogen (secondary N) is 2. The lowest BCUT2D eigenvalue weighted by Crippen LogP contribution is -2.50. The SMILES string of the molecule is CCCNCC(CC)(CC)C(C)NC(=O)c1cc(CC)on1. The van der Waals surface area contributed by atoms with Crippen molar-refractivity contribution in [1.29, 1.82) is 0 Å². The van der Waals surface area contributed by atoms with Gasteiger partial charge < -0.3 is 15.2 Å². The predicted molar refractivity (Wildman–Crippen MR) is 89.0 cm³/mol.